The van der Waals surface area contributed by atoms with Crippen molar-refractivity contribution in [3.8, 4) is 11.5 Å². The molecule has 22 heavy (non-hydrogen) atoms. The fourth-order valence-corrected chi connectivity index (χ4v) is 2.47. The summed E-state index contributed by atoms with van der Waals surface area (Å²) in [6, 6.07) is 5.13. The summed E-state index contributed by atoms with van der Waals surface area (Å²) in [6.45, 7) is 2.71. The Balaban J connectivity index is 2.32. The number of benzene rings is 1. The van der Waals surface area contributed by atoms with Crippen LogP contribution >= 0.6 is 15.9 Å². The molecular formula is C16H17BrN2O3. The van der Waals surface area contributed by atoms with Gasteiger partial charge in [0.2, 0.25) is 0 Å². The van der Waals surface area contributed by atoms with Crippen LogP contribution in [0.4, 0.5) is 0 Å². The first kappa shape index (κ1) is 16.3. The SMILES string of the molecule is CCn1ncc(Br)c1/C=C/C(=O)c1cc(OC)ccc1OC. The van der Waals surface area contributed by atoms with E-state index in [1.54, 1.807) is 42.3 Å². The lowest BCUT2D eigenvalue weighted by Crippen LogP contribution is -2.01. The second kappa shape index (κ2) is 7.26. The van der Waals surface area contributed by atoms with Gasteiger partial charge in [-0.25, -0.2) is 0 Å². The summed E-state index contributed by atoms with van der Waals surface area (Å²) < 4.78 is 13.0. The molecule has 0 aliphatic rings. The molecule has 0 amide bonds. The summed E-state index contributed by atoms with van der Waals surface area (Å²) in [5.41, 5.74) is 1.30. The lowest BCUT2D eigenvalue weighted by molar-refractivity contribution is 0.104. The zero-order chi connectivity index (χ0) is 16.1. The molecule has 0 saturated heterocycles. The molecule has 5 nitrogen and oxygen atoms in total. The van der Waals surface area contributed by atoms with Crippen LogP contribution in [-0.4, -0.2) is 29.8 Å². The van der Waals surface area contributed by atoms with Crippen LogP contribution < -0.4 is 9.47 Å². The Morgan fingerprint density at radius 3 is 2.77 bits per heavy atom. The van der Waals surface area contributed by atoms with Gasteiger partial charge in [-0.05, 0) is 53.2 Å². The Morgan fingerprint density at radius 1 is 1.36 bits per heavy atom. The number of ether oxygens (including phenoxy) is 2. The van der Waals surface area contributed by atoms with Crippen molar-refractivity contribution in [3.05, 3.63) is 46.2 Å². The van der Waals surface area contributed by atoms with Crippen molar-refractivity contribution < 1.29 is 14.3 Å². The van der Waals surface area contributed by atoms with Crippen LogP contribution in [0.25, 0.3) is 6.08 Å². The number of allylic oxidation sites excluding steroid dienone is 1. The van der Waals surface area contributed by atoms with Gasteiger partial charge >= 0.3 is 0 Å². The molecule has 6 heteroatoms. The first-order valence-electron chi connectivity index (χ1n) is 6.76. The summed E-state index contributed by atoms with van der Waals surface area (Å²) in [6.07, 6.45) is 4.95. The molecular weight excluding hydrogens is 348 g/mol. The third-order valence-corrected chi connectivity index (χ3v) is 3.81. The van der Waals surface area contributed by atoms with Gasteiger partial charge in [0, 0.05) is 6.54 Å². The van der Waals surface area contributed by atoms with Crippen molar-refractivity contribution in [3.63, 3.8) is 0 Å². The average molecular weight is 365 g/mol. The maximum atomic E-state index is 12.4. The summed E-state index contributed by atoms with van der Waals surface area (Å²) in [5.74, 6) is 0.961. The van der Waals surface area contributed by atoms with E-state index < -0.39 is 0 Å². The quantitative estimate of drug-likeness (QED) is 0.580. The number of aromatic nitrogens is 2. The van der Waals surface area contributed by atoms with E-state index in [1.165, 1.54) is 13.2 Å². The zero-order valence-corrected chi connectivity index (χ0v) is 14.3. The number of hydrogen-bond acceptors (Lipinski definition) is 4. The molecule has 0 spiro atoms. The molecule has 2 rings (SSSR count). The number of nitrogens with zero attached hydrogens (tertiary/aromatic N) is 2. The maximum Gasteiger partial charge on any atom is 0.189 e. The molecule has 0 radical (unpaired) electrons. The summed E-state index contributed by atoms with van der Waals surface area (Å²) in [5, 5.41) is 4.21. The van der Waals surface area contributed by atoms with Gasteiger partial charge in [-0.3, -0.25) is 9.48 Å². The van der Waals surface area contributed by atoms with E-state index in [0.29, 0.717) is 17.1 Å². The molecule has 0 atom stereocenters. The average Bonchev–Trinajstić information content (AvgIpc) is 2.91. The highest BCUT2D eigenvalue weighted by molar-refractivity contribution is 9.10. The van der Waals surface area contributed by atoms with Crippen molar-refractivity contribution in [2.75, 3.05) is 14.2 Å². The highest BCUT2D eigenvalue weighted by Crippen LogP contribution is 2.25. The monoisotopic (exact) mass is 364 g/mol. The third kappa shape index (κ3) is 3.39. The first-order valence-corrected chi connectivity index (χ1v) is 7.55. The van der Waals surface area contributed by atoms with Gasteiger partial charge in [0.1, 0.15) is 11.5 Å². The van der Waals surface area contributed by atoms with Crippen LogP contribution in [0.3, 0.4) is 0 Å². The molecule has 0 unspecified atom stereocenters. The number of aryl methyl sites for hydroxylation is 1. The number of carbonyl (C=O) groups excluding carboxylic acids is 1. The van der Waals surface area contributed by atoms with Gasteiger partial charge in [-0.1, -0.05) is 0 Å². The van der Waals surface area contributed by atoms with Crippen LogP contribution in [0.1, 0.15) is 23.0 Å². The van der Waals surface area contributed by atoms with Crippen LogP contribution in [0, 0.1) is 0 Å². The lowest BCUT2D eigenvalue weighted by Gasteiger charge is -2.08. The standard InChI is InChI=1S/C16H17BrN2O3/c1-4-19-14(13(17)10-18-19)6-7-15(20)12-9-11(21-2)5-8-16(12)22-3/h5-10H,4H2,1-3H3/b7-6+. The maximum absolute atomic E-state index is 12.4. The molecule has 2 aromatic rings. The Labute approximate surface area is 137 Å². The predicted molar refractivity (Wildman–Crippen MR) is 88.5 cm³/mol. The van der Waals surface area contributed by atoms with Crippen molar-refractivity contribution in [2.45, 2.75) is 13.5 Å². The van der Waals surface area contributed by atoms with E-state index in [9.17, 15) is 4.79 Å². The van der Waals surface area contributed by atoms with Crippen LogP contribution in [0.5, 0.6) is 11.5 Å². The molecule has 1 aromatic heterocycles. The Hall–Kier alpha value is -2.08. The molecule has 1 aromatic carbocycles. The summed E-state index contributed by atoms with van der Waals surface area (Å²) in [4.78, 5) is 12.4. The number of ketones is 1. The van der Waals surface area contributed by atoms with E-state index >= 15 is 0 Å². The largest absolute Gasteiger partial charge is 0.497 e. The molecule has 1 heterocycles. The Kier molecular flexibility index (Phi) is 5.38. The van der Waals surface area contributed by atoms with Crippen molar-refractivity contribution in [1.29, 1.82) is 0 Å². The molecule has 0 aliphatic carbocycles. The van der Waals surface area contributed by atoms with Gasteiger partial charge < -0.3 is 9.47 Å². The van der Waals surface area contributed by atoms with Crippen LogP contribution in [0.2, 0.25) is 0 Å². The predicted octanol–water partition coefficient (Wildman–Crippen LogP) is 3.58. The second-order valence-electron chi connectivity index (χ2n) is 4.46. The van der Waals surface area contributed by atoms with Gasteiger partial charge in [0.05, 0.1) is 36.1 Å². The number of rotatable bonds is 6. The number of carbonyl (C=O) groups is 1. The van der Waals surface area contributed by atoms with Crippen molar-refractivity contribution >= 4 is 27.8 Å². The molecule has 0 aliphatic heterocycles. The van der Waals surface area contributed by atoms with Gasteiger partial charge in [-0.2, -0.15) is 5.10 Å². The minimum atomic E-state index is -0.161. The summed E-state index contributed by atoms with van der Waals surface area (Å²) in [7, 11) is 3.09. The van der Waals surface area contributed by atoms with E-state index in [-0.39, 0.29) is 5.78 Å². The summed E-state index contributed by atoms with van der Waals surface area (Å²) >= 11 is 3.42. The van der Waals surface area contributed by atoms with Gasteiger partial charge in [-0.15, -0.1) is 0 Å². The van der Waals surface area contributed by atoms with E-state index in [1.807, 2.05) is 6.92 Å². The zero-order valence-electron chi connectivity index (χ0n) is 12.7. The highest BCUT2D eigenvalue weighted by Gasteiger charge is 2.12. The Bertz CT molecular complexity index is 707. The van der Waals surface area contributed by atoms with E-state index in [2.05, 4.69) is 21.0 Å². The number of methoxy groups -OCH3 is 2. The highest BCUT2D eigenvalue weighted by atomic mass is 79.9. The van der Waals surface area contributed by atoms with Crippen LogP contribution in [-0.2, 0) is 6.54 Å². The smallest absolute Gasteiger partial charge is 0.189 e. The third-order valence-electron chi connectivity index (χ3n) is 3.20. The molecule has 0 bridgehead atoms. The Morgan fingerprint density at radius 2 is 2.14 bits per heavy atom. The van der Waals surface area contributed by atoms with Gasteiger partial charge in [0.15, 0.2) is 5.78 Å². The van der Waals surface area contributed by atoms with E-state index in [4.69, 9.17) is 9.47 Å². The van der Waals surface area contributed by atoms with E-state index in [0.717, 1.165) is 16.7 Å². The molecule has 0 saturated carbocycles. The van der Waals surface area contributed by atoms with Crippen molar-refractivity contribution in [1.82, 2.24) is 9.78 Å². The topological polar surface area (TPSA) is 53.4 Å². The minimum absolute atomic E-state index is 0.161. The molecule has 116 valence electrons. The fourth-order valence-electron chi connectivity index (χ4n) is 2.04. The number of hydrogen-bond donors (Lipinski definition) is 0. The first-order chi connectivity index (χ1) is 10.6. The minimum Gasteiger partial charge on any atom is -0.497 e. The fraction of sp³-hybridized carbons (Fsp3) is 0.250. The second-order valence-corrected chi connectivity index (χ2v) is 5.31. The normalized spacial score (nSPS) is 10.9. The van der Waals surface area contributed by atoms with Crippen LogP contribution in [0.15, 0.2) is 34.9 Å². The number of halogens is 1. The molecule has 0 fully saturated rings. The molecule has 0 N–H and O–H groups in total. The van der Waals surface area contributed by atoms with Gasteiger partial charge in [0.25, 0.3) is 0 Å². The van der Waals surface area contributed by atoms with Crippen molar-refractivity contribution in [2.24, 2.45) is 0 Å². The lowest BCUT2D eigenvalue weighted by atomic mass is 10.1.